The molecule has 146 valence electrons. The molecule has 28 heavy (non-hydrogen) atoms. The predicted molar refractivity (Wildman–Crippen MR) is 116 cm³/mol. The number of nitrogens with zero attached hydrogens (tertiary/aromatic N) is 1. The topological polar surface area (TPSA) is 68.7 Å². The molecule has 1 heterocycles. The lowest BCUT2D eigenvalue weighted by molar-refractivity contribution is -0.136. The molecule has 0 radical (unpaired) electrons. The van der Waals surface area contributed by atoms with E-state index in [0.717, 1.165) is 30.8 Å². The summed E-state index contributed by atoms with van der Waals surface area (Å²) in [4.78, 5) is 15.8. The number of carboxylic acids is 1. The highest BCUT2D eigenvalue weighted by molar-refractivity contribution is 9.10. The minimum absolute atomic E-state index is 0.0388. The highest BCUT2D eigenvalue weighted by Crippen LogP contribution is 2.38. The van der Waals surface area contributed by atoms with Crippen LogP contribution in [0.5, 0.6) is 11.5 Å². The van der Waals surface area contributed by atoms with E-state index in [2.05, 4.69) is 20.9 Å². The number of allylic oxidation sites excluding steroid dienone is 1. The normalized spacial score (nSPS) is 11.6. The molecule has 0 saturated heterocycles. The second-order valence-electron chi connectivity index (χ2n) is 6.02. The smallest absolute Gasteiger partial charge is 0.303 e. The third-order valence-corrected chi connectivity index (χ3v) is 5.76. The molecule has 0 aliphatic heterocycles. The number of carboxylic acid groups (broad SMARTS) is 1. The number of para-hydroxylation sites is 1. The second kappa shape index (κ2) is 9.21. The highest BCUT2D eigenvalue weighted by Gasteiger charge is 2.14. The first-order chi connectivity index (χ1) is 13.5. The molecule has 0 atom stereocenters. The summed E-state index contributed by atoms with van der Waals surface area (Å²) in [5.41, 5.74) is 2.67. The molecule has 5 nitrogen and oxygen atoms in total. The third kappa shape index (κ3) is 4.72. The Bertz CT molecular complexity index is 995. The molecule has 3 aromatic rings. The number of thiazole rings is 1. The van der Waals surface area contributed by atoms with Gasteiger partial charge in [-0.1, -0.05) is 12.1 Å². The van der Waals surface area contributed by atoms with E-state index in [0.29, 0.717) is 24.5 Å². The molecular formula is C21H20BrNO4S. The largest absolute Gasteiger partial charge is 0.493 e. The fraction of sp³-hybridized carbons (Fsp3) is 0.238. The minimum Gasteiger partial charge on any atom is -0.493 e. The first-order valence-electron chi connectivity index (χ1n) is 8.80. The number of aromatic nitrogens is 1. The molecular weight excluding hydrogens is 442 g/mol. The van der Waals surface area contributed by atoms with Gasteiger partial charge in [0.05, 0.1) is 28.4 Å². The summed E-state index contributed by atoms with van der Waals surface area (Å²) in [7, 11) is 1.59. The van der Waals surface area contributed by atoms with Crippen LogP contribution in [0.25, 0.3) is 21.9 Å². The molecule has 3 rings (SSSR count). The first kappa shape index (κ1) is 20.4. The maximum absolute atomic E-state index is 11.1. The van der Waals surface area contributed by atoms with Crippen LogP contribution in [0.15, 0.2) is 40.9 Å². The van der Waals surface area contributed by atoms with E-state index in [9.17, 15) is 4.79 Å². The summed E-state index contributed by atoms with van der Waals surface area (Å²) >= 11 is 5.10. The monoisotopic (exact) mass is 461 g/mol. The van der Waals surface area contributed by atoms with Crippen molar-refractivity contribution in [2.24, 2.45) is 0 Å². The molecule has 0 spiro atoms. The number of halogens is 1. The number of hydrogen-bond donors (Lipinski definition) is 1. The number of hydrogen-bond acceptors (Lipinski definition) is 5. The summed E-state index contributed by atoms with van der Waals surface area (Å²) in [6.45, 7) is 2.44. The van der Waals surface area contributed by atoms with Gasteiger partial charge in [0.25, 0.3) is 0 Å². The lowest BCUT2D eigenvalue weighted by Crippen LogP contribution is -1.98. The predicted octanol–water partition coefficient (Wildman–Crippen LogP) is 5.87. The Morgan fingerprint density at radius 2 is 2.07 bits per heavy atom. The van der Waals surface area contributed by atoms with Gasteiger partial charge in [-0.3, -0.25) is 4.79 Å². The van der Waals surface area contributed by atoms with E-state index in [4.69, 9.17) is 14.6 Å². The van der Waals surface area contributed by atoms with Crippen molar-refractivity contribution in [2.75, 3.05) is 13.7 Å². The SMILES string of the molecule is CCOc1c(Br)cc(C=C(CCC(=O)O)c2nc3ccccc3s2)cc1OC. The van der Waals surface area contributed by atoms with Crippen molar-refractivity contribution in [3.63, 3.8) is 0 Å². The number of rotatable bonds is 8. The average molecular weight is 462 g/mol. The summed E-state index contributed by atoms with van der Waals surface area (Å²) in [5, 5.41) is 9.97. The van der Waals surface area contributed by atoms with Gasteiger partial charge in [0.15, 0.2) is 11.5 Å². The molecule has 0 unspecified atom stereocenters. The molecule has 0 aliphatic rings. The zero-order valence-electron chi connectivity index (χ0n) is 15.6. The average Bonchev–Trinajstić information content (AvgIpc) is 3.10. The van der Waals surface area contributed by atoms with Crippen molar-refractivity contribution in [3.8, 4) is 11.5 Å². The van der Waals surface area contributed by atoms with Crippen LogP contribution >= 0.6 is 27.3 Å². The number of methoxy groups -OCH3 is 1. The van der Waals surface area contributed by atoms with Crippen LogP contribution < -0.4 is 9.47 Å². The van der Waals surface area contributed by atoms with Crippen molar-refractivity contribution < 1.29 is 19.4 Å². The number of benzene rings is 2. The van der Waals surface area contributed by atoms with Gasteiger partial charge in [0.2, 0.25) is 0 Å². The van der Waals surface area contributed by atoms with E-state index in [1.165, 1.54) is 0 Å². The summed E-state index contributed by atoms with van der Waals surface area (Å²) in [6.07, 6.45) is 2.39. The molecule has 0 amide bonds. The molecule has 7 heteroatoms. The fourth-order valence-electron chi connectivity index (χ4n) is 2.80. The lowest BCUT2D eigenvalue weighted by atomic mass is 10.1. The second-order valence-corrected chi connectivity index (χ2v) is 7.90. The Morgan fingerprint density at radius 3 is 2.75 bits per heavy atom. The van der Waals surface area contributed by atoms with Gasteiger partial charge in [-0.2, -0.15) is 0 Å². The number of aliphatic carboxylic acids is 1. The zero-order chi connectivity index (χ0) is 20.1. The number of fused-ring (bicyclic) bond motifs is 1. The van der Waals surface area contributed by atoms with Gasteiger partial charge in [0, 0.05) is 6.42 Å². The quantitative estimate of drug-likeness (QED) is 0.453. The zero-order valence-corrected chi connectivity index (χ0v) is 18.0. The van der Waals surface area contributed by atoms with Gasteiger partial charge < -0.3 is 14.6 Å². The van der Waals surface area contributed by atoms with Crippen LogP contribution in [0.1, 0.15) is 30.3 Å². The van der Waals surface area contributed by atoms with Gasteiger partial charge >= 0.3 is 5.97 Å². The highest BCUT2D eigenvalue weighted by atomic mass is 79.9. The Labute approximate surface area is 175 Å². The molecule has 0 aliphatic carbocycles. The van der Waals surface area contributed by atoms with Crippen molar-refractivity contribution in [1.29, 1.82) is 0 Å². The van der Waals surface area contributed by atoms with E-state index in [-0.39, 0.29) is 6.42 Å². The van der Waals surface area contributed by atoms with E-state index in [1.54, 1.807) is 18.4 Å². The van der Waals surface area contributed by atoms with Crippen LogP contribution in [-0.2, 0) is 4.79 Å². The van der Waals surface area contributed by atoms with Crippen LogP contribution in [0.3, 0.4) is 0 Å². The fourth-order valence-corrected chi connectivity index (χ4v) is 4.38. The minimum atomic E-state index is -0.836. The summed E-state index contributed by atoms with van der Waals surface area (Å²) < 4.78 is 13.0. The first-order valence-corrected chi connectivity index (χ1v) is 10.4. The Hall–Kier alpha value is -2.38. The maximum atomic E-state index is 11.1. The molecule has 1 aromatic heterocycles. The van der Waals surface area contributed by atoms with Gasteiger partial charge in [-0.25, -0.2) is 4.98 Å². The van der Waals surface area contributed by atoms with E-state index in [1.807, 2.05) is 49.4 Å². The lowest BCUT2D eigenvalue weighted by Gasteiger charge is -2.13. The van der Waals surface area contributed by atoms with Crippen molar-refractivity contribution >= 4 is 55.1 Å². The Morgan fingerprint density at radius 1 is 1.29 bits per heavy atom. The summed E-state index contributed by atoms with van der Waals surface area (Å²) in [6, 6.07) is 11.7. The molecule has 0 bridgehead atoms. The molecule has 0 saturated carbocycles. The van der Waals surface area contributed by atoms with Crippen molar-refractivity contribution in [1.82, 2.24) is 4.98 Å². The number of carbonyl (C=O) groups is 1. The third-order valence-electron chi connectivity index (χ3n) is 4.06. The maximum Gasteiger partial charge on any atom is 0.303 e. The van der Waals surface area contributed by atoms with Gasteiger partial charge in [-0.15, -0.1) is 11.3 Å². The standard InChI is InChI=1S/C21H20BrNO4S/c1-3-27-20-15(22)11-13(12-17(20)26-2)10-14(8-9-19(24)25)21-23-16-6-4-5-7-18(16)28-21/h4-7,10-12H,3,8-9H2,1-2H3,(H,24,25). The van der Waals surface area contributed by atoms with E-state index < -0.39 is 5.97 Å². The molecule has 0 fully saturated rings. The van der Waals surface area contributed by atoms with Crippen LogP contribution in [0, 0.1) is 0 Å². The van der Waals surface area contributed by atoms with Crippen LogP contribution in [0.2, 0.25) is 0 Å². The van der Waals surface area contributed by atoms with Crippen LogP contribution in [0.4, 0.5) is 0 Å². The van der Waals surface area contributed by atoms with Crippen molar-refractivity contribution in [3.05, 3.63) is 51.4 Å². The molecule has 1 N–H and O–H groups in total. The van der Waals surface area contributed by atoms with Crippen molar-refractivity contribution in [2.45, 2.75) is 19.8 Å². The summed E-state index contributed by atoms with van der Waals surface area (Å²) in [5.74, 6) is 0.427. The molecule has 2 aromatic carbocycles. The van der Waals surface area contributed by atoms with Gasteiger partial charge in [-0.05, 0) is 70.8 Å². The Balaban J connectivity index is 2.05. The van der Waals surface area contributed by atoms with E-state index >= 15 is 0 Å². The van der Waals surface area contributed by atoms with Crippen LogP contribution in [-0.4, -0.2) is 29.8 Å². The number of ether oxygens (including phenoxy) is 2. The Kier molecular flexibility index (Phi) is 6.70. The van der Waals surface area contributed by atoms with Gasteiger partial charge in [0.1, 0.15) is 5.01 Å².